The van der Waals surface area contributed by atoms with Crippen LogP contribution in [0.5, 0.6) is 0 Å². The van der Waals surface area contributed by atoms with Crippen LogP contribution < -0.4 is 16.2 Å². The van der Waals surface area contributed by atoms with Crippen LogP contribution in [0.1, 0.15) is 23.2 Å². The molecule has 4 rings (SSSR count). The third-order valence-electron chi connectivity index (χ3n) is 5.42. The molecular formula is C20H21N5O3S. The van der Waals surface area contributed by atoms with Crippen molar-refractivity contribution in [1.82, 2.24) is 9.55 Å². The number of aromatic nitrogens is 2. The van der Waals surface area contributed by atoms with Gasteiger partial charge in [-0.2, -0.15) is 5.26 Å². The van der Waals surface area contributed by atoms with Crippen LogP contribution in [0.2, 0.25) is 0 Å². The molecule has 2 unspecified atom stereocenters. The zero-order chi connectivity index (χ0) is 20.5. The number of nitrogens with two attached hydrogens (primary N) is 1. The summed E-state index contributed by atoms with van der Waals surface area (Å²) in [6, 6.07) is 2.24. The van der Waals surface area contributed by atoms with Gasteiger partial charge in [-0.05, 0) is 12.8 Å². The van der Waals surface area contributed by atoms with E-state index in [1.165, 1.54) is 5.38 Å². The van der Waals surface area contributed by atoms with E-state index in [9.17, 15) is 20.0 Å². The van der Waals surface area contributed by atoms with E-state index in [1.807, 2.05) is 29.2 Å². The van der Waals surface area contributed by atoms with Gasteiger partial charge in [-0.25, -0.2) is 9.78 Å². The Labute approximate surface area is 171 Å². The molecule has 29 heavy (non-hydrogen) atoms. The molecule has 150 valence electrons. The van der Waals surface area contributed by atoms with Crippen molar-refractivity contribution in [3.63, 3.8) is 0 Å². The summed E-state index contributed by atoms with van der Waals surface area (Å²) in [6.07, 6.45) is 9.22. The smallest absolute Gasteiger partial charge is 0.338 e. The highest BCUT2D eigenvalue weighted by Crippen LogP contribution is 2.28. The SMILES string of the molecule is N#CC1C=CC=CC1Cn1c(N2CCC[C@@H](N)C2)nc2c(C(=O)O)csc2c1=O. The standard InChI is InChI=1S/C20H21N5O3S/c21-8-12-4-1-2-5-13(12)9-25-18(26)17-16(15(11-29-17)19(27)28)23-20(25)24-7-3-6-14(22)10-24/h1-2,4-5,11-14H,3,6-7,9-10,22H2,(H,27,28)/t12?,13?,14-/m1/s1. The normalized spacial score (nSPS) is 24.0. The minimum atomic E-state index is -1.10. The van der Waals surface area contributed by atoms with Crippen molar-refractivity contribution in [2.75, 3.05) is 18.0 Å². The highest BCUT2D eigenvalue weighted by Gasteiger charge is 2.27. The first-order valence-electron chi connectivity index (χ1n) is 9.50. The Morgan fingerprint density at radius 1 is 1.41 bits per heavy atom. The van der Waals surface area contributed by atoms with E-state index in [-0.39, 0.29) is 34.5 Å². The van der Waals surface area contributed by atoms with Gasteiger partial charge in [0.25, 0.3) is 5.56 Å². The zero-order valence-electron chi connectivity index (χ0n) is 15.7. The molecule has 3 N–H and O–H groups in total. The highest BCUT2D eigenvalue weighted by atomic mass is 32.1. The Morgan fingerprint density at radius 2 is 2.21 bits per heavy atom. The van der Waals surface area contributed by atoms with E-state index >= 15 is 0 Å². The Bertz CT molecular complexity index is 1110. The molecule has 2 aliphatic rings. The quantitative estimate of drug-likeness (QED) is 0.788. The Balaban J connectivity index is 1.86. The summed E-state index contributed by atoms with van der Waals surface area (Å²) in [7, 11) is 0. The molecule has 0 radical (unpaired) electrons. The predicted molar refractivity (Wildman–Crippen MR) is 111 cm³/mol. The Hall–Kier alpha value is -2.96. The second-order valence-corrected chi connectivity index (χ2v) is 8.28. The molecule has 3 atom stereocenters. The summed E-state index contributed by atoms with van der Waals surface area (Å²) < 4.78 is 1.90. The van der Waals surface area contributed by atoms with Gasteiger partial charge in [0.15, 0.2) is 0 Å². The fraction of sp³-hybridized carbons (Fsp3) is 0.400. The van der Waals surface area contributed by atoms with Gasteiger partial charge < -0.3 is 15.7 Å². The van der Waals surface area contributed by atoms with E-state index in [4.69, 9.17) is 5.73 Å². The molecule has 0 aromatic carbocycles. The number of anilines is 1. The van der Waals surface area contributed by atoms with E-state index in [0.29, 0.717) is 30.3 Å². The van der Waals surface area contributed by atoms with Crippen molar-refractivity contribution in [2.45, 2.75) is 25.4 Å². The van der Waals surface area contributed by atoms with Gasteiger partial charge in [-0.15, -0.1) is 11.3 Å². The largest absolute Gasteiger partial charge is 0.478 e. The van der Waals surface area contributed by atoms with Crippen LogP contribution in [0, 0.1) is 23.2 Å². The highest BCUT2D eigenvalue weighted by molar-refractivity contribution is 7.17. The summed E-state index contributed by atoms with van der Waals surface area (Å²) in [6.45, 7) is 1.54. The van der Waals surface area contributed by atoms with E-state index in [2.05, 4.69) is 11.1 Å². The lowest BCUT2D eigenvalue weighted by Gasteiger charge is -2.33. The van der Waals surface area contributed by atoms with Gasteiger partial charge >= 0.3 is 5.97 Å². The number of piperidine rings is 1. The number of thiophene rings is 1. The van der Waals surface area contributed by atoms with Crippen LogP contribution in [-0.4, -0.2) is 39.8 Å². The maximum absolute atomic E-state index is 13.3. The fourth-order valence-corrected chi connectivity index (χ4v) is 4.84. The first-order valence-corrected chi connectivity index (χ1v) is 10.4. The molecule has 3 heterocycles. The minimum absolute atomic E-state index is 0.0319. The predicted octanol–water partition coefficient (Wildman–Crippen LogP) is 1.97. The number of aromatic carboxylic acids is 1. The number of carbonyl (C=O) groups is 1. The number of hydrogen-bond donors (Lipinski definition) is 2. The van der Waals surface area contributed by atoms with Crippen LogP contribution in [0.3, 0.4) is 0 Å². The lowest BCUT2D eigenvalue weighted by Crippen LogP contribution is -2.45. The summed E-state index contributed by atoms with van der Waals surface area (Å²) in [4.78, 5) is 31.5. The molecule has 1 fully saturated rings. The molecule has 2 aromatic rings. The second kappa shape index (κ2) is 7.81. The van der Waals surface area contributed by atoms with Crippen LogP contribution in [-0.2, 0) is 6.54 Å². The number of nitriles is 1. The van der Waals surface area contributed by atoms with Crippen LogP contribution in [0.25, 0.3) is 10.2 Å². The van der Waals surface area contributed by atoms with Gasteiger partial charge in [-0.3, -0.25) is 9.36 Å². The third kappa shape index (κ3) is 3.57. The van der Waals surface area contributed by atoms with Crippen molar-refractivity contribution < 1.29 is 9.90 Å². The van der Waals surface area contributed by atoms with Crippen molar-refractivity contribution >= 4 is 33.5 Å². The maximum Gasteiger partial charge on any atom is 0.338 e. The number of fused-ring (bicyclic) bond motifs is 1. The van der Waals surface area contributed by atoms with Gasteiger partial charge in [0.1, 0.15) is 10.2 Å². The minimum Gasteiger partial charge on any atom is -0.478 e. The van der Waals surface area contributed by atoms with E-state index < -0.39 is 5.97 Å². The molecule has 0 amide bonds. The summed E-state index contributed by atoms with van der Waals surface area (Å²) >= 11 is 1.09. The monoisotopic (exact) mass is 411 g/mol. The summed E-state index contributed by atoms with van der Waals surface area (Å²) in [5.74, 6) is -1.18. The van der Waals surface area contributed by atoms with Gasteiger partial charge in [0, 0.05) is 37.0 Å². The average molecular weight is 411 g/mol. The molecule has 2 aromatic heterocycles. The molecule has 0 bridgehead atoms. The van der Waals surface area contributed by atoms with Crippen molar-refractivity contribution in [3.8, 4) is 6.07 Å². The lowest BCUT2D eigenvalue weighted by molar-refractivity contribution is 0.0699. The summed E-state index contributed by atoms with van der Waals surface area (Å²) in [5.41, 5.74) is 6.11. The maximum atomic E-state index is 13.3. The van der Waals surface area contributed by atoms with Gasteiger partial charge in [0.2, 0.25) is 5.95 Å². The molecule has 0 spiro atoms. The Kier molecular flexibility index (Phi) is 5.22. The van der Waals surface area contributed by atoms with Crippen molar-refractivity contribution in [2.24, 2.45) is 17.6 Å². The van der Waals surface area contributed by atoms with E-state index in [0.717, 1.165) is 24.2 Å². The van der Waals surface area contributed by atoms with Crippen LogP contribution >= 0.6 is 11.3 Å². The summed E-state index contributed by atoms with van der Waals surface area (Å²) in [5, 5.41) is 20.4. The Morgan fingerprint density at radius 3 is 2.93 bits per heavy atom. The van der Waals surface area contributed by atoms with Crippen LogP contribution in [0.15, 0.2) is 34.5 Å². The third-order valence-corrected chi connectivity index (χ3v) is 6.38. The van der Waals surface area contributed by atoms with Crippen LogP contribution in [0.4, 0.5) is 5.95 Å². The lowest BCUT2D eigenvalue weighted by atomic mass is 9.89. The van der Waals surface area contributed by atoms with Crippen molar-refractivity contribution in [1.29, 1.82) is 5.26 Å². The number of allylic oxidation sites excluding steroid dienone is 4. The topological polar surface area (TPSA) is 125 Å². The molecule has 8 nitrogen and oxygen atoms in total. The first-order chi connectivity index (χ1) is 14.0. The zero-order valence-corrected chi connectivity index (χ0v) is 16.5. The average Bonchev–Trinajstić information content (AvgIpc) is 3.15. The second-order valence-electron chi connectivity index (χ2n) is 7.40. The molecule has 1 aliphatic carbocycles. The number of carboxylic acids is 1. The fourth-order valence-electron chi connectivity index (χ4n) is 3.91. The molecular weight excluding hydrogens is 390 g/mol. The number of nitrogens with zero attached hydrogens (tertiary/aromatic N) is 4. The molecule has 0 saturated carbocycles. The van der Waals surface area contributed by atoms with Gasteiger partial charge in [-0.1, -0.05) is 24.3 Å². The molecule has 1 aliphatic heterocycles. The first kappa shape index (κ1) is 19.4. The van der Waals surface area contributed by atoms with Gasteiger partial charge in [0.05, 0.1) is 17.6 Å². The van der Waals surface area contributed by atoms with Crippen molar-refractivity contribution in [3.05, 3.63) is 45.6 Å². The number of rotatable bonds is 4. The molecule has 9 heteroatoms. The number of hydrogen-bond acceptors (Lipinski definition) is 7. The molecule has 1 saturated heterocycles. The number of carboxylic acid groups (broad SMARTS) is 1. The van der Waals surface area contributed by atoms with E-state index in [1.54, 1.807) is 4.57 Å².